The molecule has 0 N–H and O–H groups in total. The van der Waals surface area contributed by atoms with Gasteiger partial charge in [-0.25, -0.2) is 0 Å². The molecule has 1 fully saturated rings. The van der Waals surface area contributed by atoms with Crippen molar-refractivity contribution in [2.24, 2.45) is 11.3 Å². The van der Waals surface area contributed by atoms with Crippen LogP contribution in [-0.4, -0.2) is 5.54 Å². The lowest BCUT2D eigenvalue weighted by Crippen LogP contribution is -2.52. The molecule has 1 saturated carbocycles. The van der Waals surface area contributed by atoms with Crippen LogP contribution in [0.4, 0.5) is 0 Å². The molecule has 94 valence electrons. The maximum absolute atomic E-state index is 5.86. The molecule has 0 amide bonds. The molecule has 0 aliphatic heterocycles. The first kappa shape index (κ1) is 12.7. The van der Waals surface area contributed by atoms with E-state index in [4.69, 9.17) is 6.57 Å². The van der Waals surface area contributed by atoms with E-state index in [0.717, 1.165) is 0 Å². The van der Waals surface area contributed by atoms with Crippen LogP contribution < -0.4 is 0 Å². The Balaban J connectivity index is 2.42. The van der Waals surface area contributed by atoms with E-state index in [2.05, 4.69) is 31.7 Å². The molecule has 0 aromatic carbocycles. The van der Waals surface area contributed by atoms with Gasteiger partial charge in [0.25, 0.3) is 6.57 Å². The zero-order valence-electron chi connectivity index (χ0n) is 11.6. The topological polar surface area (TPSA) is 4.36 Å². The standard InChI is InChI=1S/C16H26N/c1-5-7-14-9-11-15(3)10-6-8-13(2)16(15,12-14)17-4/h4,12-13H,5-11H2,1-3H3/q+1. The average Bonchev–Trinajstić information content (AvgIpc) is 2.31. The van der Waals surface area contributed by atoms with Gasteiger partial charge in [0.2, 0.25) is 0 Å². The minimum Gasteiger partial charge on any atom is -0.0749 e. The number of hydrogen-bond acceptors (Lipinski definition) is 0. The largest absolute Gasteiger partial charge is 0.306 e. The van der Waals surface area contributed by atoms with Gasteiger partial charge < -0.3 is 0 Å². The highest BCUT2D eigenvalue weighted by Crippen LogP contribution is 2.56. The highest BCUT2D eigenvalue weighted by Gasteiger charge is 2.62. The highest BCUT2D eigenvalue weighted by atomic mass is 14.9. The monoisotopic (exact) mass is 232 g/mol. The first-order chi connectivity index (χ1) is 8.08. The first-order valence-corrected chi connectivity index (χ1v) is 7.20. The van der Waals surface area contributed by atoms with Crippen LogP contribution in [0.25, 0.3) is 4.85 Å². The molecule has 1 nitrogen and oxygen atoms in total. The summed E-state index contributed by atoms with van der Waals surface area (Å²) in [7, 11) is 0. The molecule has 2 rings (SSSR count). The summed E-state index contributed by atoms with van der Waals surface area (Å²) in [5.41, 5.74) is 1.82. The molecular weight excluding hydrogens is 206 g/mol. The van der Waals surface area contributed by atoms with Gasteiger partial charge >= 0.3 is 5.54 Å². The van der Waals surface area contributed by atoms with E-state index in [1.54, 1.807) is 5.57 Å². The second-order valence-corrected chi connectivity index (χ2v) is 6.36. The fourth-order valence-electron chi connectivity index (χ4n) is 4.11. The second-order valence-electron chi connectivity index (χ2n) is 6.36. The summed E-state index contributed by atoms with van der Waals surface area (Å²) in [6.45, 7) is 12.9. The fourth-order valence-corrected chi connectivity index (χ4v) is 4.11. The molecule has 1 heteroatoms. The molecule has 2 aliphatic rings. The molecule has 3 unspecified atom stereocenters. The van der Waals surface area contributed by atoms with E-state index in [0.29, 0.717) is 11.3 Å². The van der Waals surface area contributed by atoms with Crippen molar-refractivity contribution in [1.82, 2.24) is 0 Å². The zero-order valence-corrected chi connectivity index (χ0v) is 11.6. The van der Waals surface area contributed by atoms with Crippen molar-refractivity contribution in [3.63, 3.8) is 0 Å². The highest BCUT2D eigenvalue weighted by molar-refractivity contribution is 5.32. The summed E-state index contributed by atoms with van der Waals surface area (Å²) in [4.78, 5) is 4.41. The minimum absolute atomic E-state index is 0.0754. The van der Waals surface area contributed by atoms with Gasteiger partial charge in [-0.3, -0.25) is 0 Å². The second kappa shape index (κ2) is 4.48. The van der Waals surface area contributed by atoms with Crippen LogP contribution in [-0.2, 0) is 0 Å². The summed E-state index contributed by atoms with van der Waals surface area (Å²) >= 11 is 0. The minimum atomic E-state index is -0.0754. The van der Waals surface area contributed by atoms with Crippen LogP contribution in [0, 0.1) is 17.9 Å². The van der Waals surface area contributed by atoms with E-state index in [-0.39, 0.29) is 5.54 Å². The van der Waals surface area contributed by atoms with Gasteiger partial charge in [0.1, 0.15) is 0 Å². The van der Waals surface area contributed by atoms with Crippen LogP contribution in [0.3, 0.4) is 0 Å². The molecule has 0 spiro atoms. The van der Waals surface area contributed by atoms with Crippen LogP contribution in [0.2, 0.25) is 0 Å². The van der Waals surface area contributed by atoms with Crippen molar-refractivity contribution in [1.29, 1.82) is 0 Å². The fraction of sp³-hybridized carbons (Fsp3) is 0.812. The Labute approximate surface area is 106 Å². The Morgan fingerprint density at radius 3 is 2.88 bits per heavy atom. The van der Waals surface area contributed by atoms with Crippen molar-refractivity contribution in [3.8, 4) is 6.57 Å². The normalized spacial score (nSPS) is 41.3. The summed E-state index contributed by atoms with van der Waals surface area (Å²) in [5.74, 6) is 0.596. The smallest absolute Gasteiger partial charge is 0.0749 e. The lowest BCUT2D eigenvalue weighted by Gasteiger charge is -2.46. The predicted octanol–water partition coefficient (Wildman–Crippen LogP) is 5.03. The van der Waals surface area contributed by atoms with Crippen molar-refractivity contribution >= 4 is 0 Å². The Kier molecular flexibility index (Phi) is 3.34. The molecule has 0 radical (unpaired) electrons. The van der Waals surface area contributed by atoms with Crippen molar-refractivity contribution in [2.75, 3.05) is 0 Å². The zero-order chi connectivity index (χ0) is 12.5. The van der Waals surface area contributed by atoms with Crippen molar-refractivity contribution in [3.05, 3.63) is 16.5 Å². The first-order valence-electron chi connectivity index (χ1n) is 7.20. The van der Waals surface area contributed by atoms with Crippen LogP contribution >= 0.6 is 0 Å². The third-order valence-electron chi connectivity index (χ3n) is 5.29. The van der Waals surface area contributed by atoms with Gasteiger partial charge in [0.15, 0.2) is 0 Å². The summed E-state index contributed by atoms with van der Waals surface area (Å²) in [6, 6.07) is 0. The third-order valence-corrected chi connectivity index (χ3v) is 5.29. The number of allylic oxidation sites excluding steroid dienone is 1. The van der Waals surface area contributed by atoms with E-state index in [1.807, 2.05) is 0 Å². The van der Waals surface area contributed by atoms with E-state index < -0.39 is 0 Å². The Morgan fingerprint density at radius 2 is 2.24 bits per heavy atom. The molecule has 3 atom stereocenters. The lowest BCUT2D eigenvalue weighted by atomic mass is 9.53. The predicted molar refractivity (Wildman–Crippen MR) is 74.4 cm³/mol. The Bertz CT molecular complexity index is 362. The van der Waals surface area contributed by atoms with Gasteiger partial charge in [-0.2, -0.15) is 0 Å². The van der Waals surface area contributed by atoms with E-state index in [9.17, 15) is 0 Å². The number of fused-ring (bicyclic) bond motifs is 1. The maximum Gasteiger partial charge on any atom is 0.306 e. The van der Waals surface area contributed by atoms with Crippen LogP contribution in [0.5, 0.6) is 0 Å². The number of rotatable bonds is 2. The van der Waals surface area contributed by atoms with Crippen molar-refractivity contribution in [2.45, 2.75) is 71.3 Å². The van der Waals surface area contributed by atoms with Gasteiger partial charge in [-0.15, -0.1) is 0 Å². The lowest BCUT2D eigenvalue weighted by molar-refractivity contribution is 0.0797. The molecule has 17 heavy (non-hydrogen) atoms. The summed E-state index contributed by atoms with van der Waals surface area (Å²) in [5, 5.41) is 0. The average molecular weight is 232 g/mol. The quantitative estimate of drug-likeness (QED) is 0.588. The van der Waals surface area contributed by atoms with Crippen LogP contribution in [0.15, 0.2) is 11.6 Å². The van der Waals surface area contributed by atoms with Gasteiger partial charge in [-0.05, 0) is 32.1 Å². The molecular formula is C16H26N+. The van der Waals surface area contributed by atoms with Gasteiger partial charge in [-0.1, -0.05) is 44.0 Å². The third kappa shape index (κ3) is 1.82. The molecule has 0 saturated heterocycles. The number of nitrogens with zero attached hydrogens (tertiary/aromatic N) is 1. The van der Waals surface area contributed by atoms with Crippen molar-refractivity contribution < 1.29 is 0 Å². The summed E-state index contributed by atoms with van der Waals surface area (Å²) < 4.78 is 0. The SMILES string of the molecule is C#[N+]C12C=C(CCC)CCC1(C)CCCC2C. The maximum atomic E-state index is 5.86. The Hall–Kier alpha value is -0.770. The van der Waals surface area contributed by atoms with E-state index >= 15 is 0 Å². The van der Waals surface area contributed by atoms with Gasteiger partial charge in [0, 0.05) is 12.0 Å². The van der Waals surface area contributed by atoms with E-state index in [1.165, 1.54) is 44.9 Å². The van der Waals surface area contributed by atoms with Gasteiger partial charge in [0.05, 0.1) is 5.41 Å². The molecule has 0 heterocycles. The molecule has 0 aromatic heterocycles. The molecule has 0 bridgehead atoms. The molecule has 0 aromatic rings. The molecule has 2 aliphatic carbocycles. The Morgan fingerprint density at radius 1 is 1.47 bits per heavy atom. The number of hydrogen-bond donors (Lipinski definition) is 0. The summed E-state index contributed by atoms with van der Waals surface area (Å²) in [6.07, 6.45) is 11.3. The van der Waals surface area contributed by atoms with Crippen LogP contribution in [0.1, 0.15) is 65.7 Å².